The molecule has 4 heteroatoms. The molecule has 2 rings (SSSR count). The molecule has 0 saturated heterocycles. The monoisotopic (exact) mass is 312 g/mol. The Kier molecular flexibility index (Phi) is 3.78. The molecule has 94 valence electrons. The van der Waals surface area contributed by atoms with Crippen LogP contribution < -0.4 is 0 Å². The van der Waals surface area contributed by atoms with E-state index in [-0.39, 0.29) is 5.82 Å². The molecule has 0 radical (unpaired) electrons. The third-order valence-electron chi connectivity index (χ3n) is 2.79. The van der Waals surface area contributed by atoms with Gasteiger partial charge in [-0.2, -0.15) is 0 Å². The van der Waals surface area contributed by atoms with Crippen LogP contribution in [0, 0.1) is 18.6 Å². The normalized spacial score (nSPS) is 12.5. The van der Waals surface area contributed by atoms with Crippen molar-refractivity contribution in [1.82, 2.24) is 0 Å². The molecule has 1 atom stereocenters. The van der Waals surface area contributed by atoms with Crippen LogP contribution in [0.25, 0.3) is 0 Å². The Hall–Kier alpha value is -1.26. The predicted octanol–water partition coefficient (Wildman–Crippen LogP) is 4.12. The van der Waals surface area contributed by atoms with Crippen LogP contribution in [0.2, 0.25) is 0 Å². The SMILES string of the molecule is Cc1cc(F)ccc1C(O)c1ccc(Br)c(F)c1. The predicted molar refractivity (Wildman–Crippen MR) is 69.3 cm³/mol. The lowest BCUT2D eigenvalue weighted by atomic mass is 9.97. The third-order valence-corrected chi connectivity index (χ3v) is 3.43. The number of halogens is 3. The van der Waals surface area contributed by atoms with Crippen molar-refractivity contribution in [3.8, 4) is 0 Å². The zero-order valence-electron chi connectivity index (χ0n) is 9.62. The number of rotatable bonds is 2. The number of benzene rings is 2. The van der Waals surface area contributed by atoms with E-state index in [0.717, 1.165) is 0 Å². The lowest BCUT2D eigenvalue weighted by Crippen LogP contribution is -2.03. The van der Waals surface area contributed by atoms with Gasteiger partial charge in [-0.25, -0.2) is 8.78 Å². The van der Waals surface area contributed by atoms with E-state index in [1.54, 1.807) is 13.0 Å². The zero-order valence-corrected chi connectivity index (χ0v) is 11.2. The van der Waals surface area contributed by atoms with E-state index in [1.165, 1.54) is 30.3 Å². The lowest BCUT2D eigenvalue weighted by molar-refractivity contribution is 0.219. The second-order valence-electron chi connectivity index (χ2n) is 4.08. The Morgan fingerprint density at radius 1 is 1.11 bits per heavy atom. The van der Waals surface area contributed by atoms with Gasteiger partial charge in [-0.3, -0.25) is 0 Å². The lowest BCUT2D eigenvalue weighted by Gasteiger charge is -2.14. The van der Waals surface area contributed by atoms with Crippen molar-refractivity contribution in [3.05, 3.63) is 69.2 Å². The van der Waals surface area contributed by atoms with Gasteiger partial charge in [0.1, 0.15) is 17.7 Å². The summed E-state index contributed by atoms with van der Waals surface area (Å²) in [5.41, 5.74) is 1.63. The van der Waals surface area contributed by atoms with Crippen LogP contribution >= 0.6 is 15.9 Å². The van der Waals surface area contributed by atoms with Gasteiger partial charge >= 0.3 is 0 Å². The fourth-order valence-electron chi connectivity index (χ4n) is 1.81. The van der Waals surface area contributed by atoms with Gasteiger partial charge in [0.2, 0.25) is 0 Å². The molecule has 2 aromatic carbocycles. The number of hydrogen-bond donors (Lipinski definition) is 1. The van der Waals surface area contributed by atoms with E-state index in [0.29, 0.717) is 21.2 Å². The smallest absolute Gasteiger partial charge is 0.137 e. The van der Waals surface area contributed by atoms with Gasteiger partial charge in [0, 0.05) is 0 Å². The Balaban J connectivity index is 2.41. The van der Waals surface area contributed by atoms with E-state index in [4.69, 9.17) is 0 Å². The first kappa shape index (κ1) is 13.2. The van der Waals surface area contributed by atoms with Crippen molar-refractivity contribution in [2.75, 3.05) is 0 Å². The standard InChI is InChI=1S/C14H11BrF2O/c1-8-6-10(16)3-4-11(8)14(18)9-2-5-12(15)13(17)7-9/h2-7,14,18H,1H3. The molecule has 1 unspecified atom stereocenters. The summed E-state index contributed by atoms with van der Waals surface area (Å²) < 4.78 is 26.7. The molecule has 0 aromatic heterocycles. The average molecular weight is 313 g/mol. The molecule has 2 aromatic rings. The summed E-state index contributed by atoms with van der Waals surface area (Å²) in [6.07, 6.45) is -0.965. The minimum Gasteiger partial charge on any atom is -0.384 e. The topological polar surface area (TPSA) is 20.2 Å². The van der Waals surface area contributed by atoms with Gasteiger partial charge in [-0.1, -0.05) is 12.1 Å². The molecule has 0 heterocycles. The molecule has 0 aliphatic carbocycles. The first-order valence-electron chi connectivity index (χ1n) is 5.38. The first-order valence-corrected chi connectivity index (χ1v) is 6.17. The van der Waals surface area contributed by atoms with Gasteiger partial charge in [-0.05, 0) is 63.8 Å². The molecule has 0 aliphatic heterocycles. The van der Waals surface area contributed by atoms with E-state index < -0.39 is 11.9 Å². The third kappa shape index (κ3) is 2.60. The summed E-state index contributed by atoms with van der Waals surface area (Å²) in [4.78, 5) is 0. The highest BCUT2D eigenvalue weighted by molar-refractivity contribution is 9.10. The van der Waals surface area contributed by atoms with Crippen molar-refractivity contribution in [2.45, 2.75) is 13.0 Å². The minimum absolute atomic E-state index is 0.342. The second-order valence-corrected chi connectivity index (χ2v) is 4.93. The van der Waals surface area contributed by atoms with Crippen molar-refractivity contribution < 1.29 is 13.9 Å². The Bertz CT molecular complexity index is 584. The van der Waals surface area contributed by atoms with Crippen LogP contribution in [0.4, 0.5) is 8.78 Å². The van der Waals surface area contributed by atoms with Crippen LogP contribution in [-0.4, -0.2) is 5.11 Å². The molecular weight excluding hydrogens is 302 g/mol. The van der Waals surface area contributed by atoms with Gasteiger partial charge in [0.25, 0.3) is 0 Å². The molecule has 1 nitrogen and oxygen atoms in total. The van der Waals surface area contributed by atoms with Gasteiger partial charge < -0.3 is 5.11 Å². The van der Waals surface area contributed by atoms with Gasteiger partial charge in [0.05, 0.1) is 4.47 Å². The van der Waals surface area contributed by atoms with Crippen molar-refractivity contribution >= 4 is 15.9 Å². The highest BCUT2D eigenvalue weighted by atomic mass is 79.9. The number of aliphatic hydroxyl groups excluding tert-OH is 1. The first-order chi connectivity index (χ1) is 8.49. The summed E-state index contributed by atoms with van der Waals surface area (Å²) in [6, 6.07) is 8.55. The molecule has 0 saturated carbocycles. The molecule has 18 heavy (non-hydrogen) atoms. The van der Waals surface area contributed by atoms with E-state index >= 15 is 0 Å². The Morgan fingerprint density at radius 2 is 1.83 bits per heavy atom. The highest BCUT2D eigenvalue weighted by Gasteiger charge is 2.14. The fourth-order valence-corrected chi connectivity index (χ4v) is 2.05. The summed E-state index contributed by atoms with van der Waals surface area (Å²) in [7, 11) is 0. The van der Waals surface area contributed by atoms with Gasteiger partial charge in [-0.15, -0.1) is 0 Å². The van der Waals surface area contributed by atoms with Crippen molar-refractivity contribution in [3.63, 3.8) is 0 Å². The summed E-state index contributed by atoms with van der Waals surface area (Å²) in [6.45, 7) is 1.71. The Labute approximate surface area is 112 Å². The fraction of sp³-hybridized carbons (Fsp3) is 0.143. The maximum atomic E-state index is 13.4. The van der Waals surface area contributed by atoms with Gasteiger partial charge in [0.15, 0.2) is 0 Å². The van der Waals surface area contributed by atoms with Crippen LogP contribution in [0.1, 0.15) is 22.8 Å². The molecule has 0 bridgehead atoms. The van der Waals surface area contributed by atoms with Crippen LogP contribution in [0.5, 0.6) is 0 Å². The quantitative estimate of drug-likeness (QED) is 0.884. The zero-order chi connectivity index (χ0) is 13.3. The summed E-state index contributed by atoms with van der Waals surface area (Å²) >= 11 is 3.05. The molecule has 0 amide bonds. The number of hydrogen-bond acceptors (Lipinski definition) is 1. The molecule has 0 fully saturated rings. The van der Waals surface area contributed by atoms with Crippen molar-refractivity contribution in [1.29, 1.82) is 0 Å². The largest absolute Gasteiger partial charge is 0.384 e. The molecule has 0 aliphatic rings. The summed E-state index contributed by atoms with van der Waals surface area (Å²) in [5.74, 6) is -0.795. The maximum Gasteiger partial charge on any atom is 0.137 e. The number of aliphatic hydroxyl groups is 1. The van der Waals surface area contributed by atoms with Crippen molar-refractivity contribution in [2.24, 2.45) is 0 Å². The van der Waals surface area contributed by atoms with E-state index in [1.807, 2.05) is 0 Å². The summed E-state index contributed by atoms with van der Waals surface area (Å²) in [5, 5.41) is 10.2. The average Bonchev–Trinajstić information content (AvgIpc) is 2.32. The van der Waals surface area contributed by atoms with Crippen LogP contribution in [-0.2, 0) is 0 Å². The van der Waals surface area contributed by atoms with E-state index in [9.17, 15) is 13.9 Å². The second kappa shape index (κ2) is 5.16. The number of aryl methyl sites for hydroxylation is 1. The molecular formula is C14H11BrF2O. The van der Waals surface area contributed by atoms with Crippen LogP contribution in [0.15, 0.2) is 40.9 Å². The maximum absolute atomic E-state index is 13.4. The molecule has 1 N–H and O–H groups in total. The minimum atomic E-state index is -0.965. The molecule has 0 spiro atoms. The van der Waals surface area contributed by atoms with Crippen LogP contribution in [0.3, 0.4) is 0 Å². The Morgan fingerprint density at radius 3 is 2.44 bits per heavy atom. The highest BCUT2D eigenvalue weighted by Crippen LogP contribution is 2.27. The van der Waals surface area contributed by atoms with E-state index in [2.05, 4.69) is 15.9 Å².